The SMILES string of the molecule is CCCCS(=O)(=O)N1c2ccccc2CC1C. The minimum absolute atomic E-state index is 0.0502. The molecule has 0 spiro atoms. The van der Waals surface area contributed by atoms with Gasteiger partial charge in [0.05, 0.1) is 11.4 Å². The van der Waals surface area contributed by atoms with Gasteiger partial charge in [0.25, 0.3) is 0 Å². The van der Waals surface area contributed by atoms with Gasteiger partial charge in [-0.25, -0.2) is 8.42 Å². The van der Waals surface area contributed by atoms with Gasteiger partial charge >= 0.3 is 0 Å². The van der Waals surface area contributed by atoms with E-state index >= 15 is 0 Å². The van der Waals surface area contributed by atoms with Crippen LogP contribution in [0.25, 0.3) is 0 Å². The van der Waals surface area contributed by atoms with Crippen LogP contribution in [0.2, 0.25) is 0 Å². The van der Waals surface area contributed by atoms with E-state index in [-0.39, 0.29) is 11.8 Å². The molecule has 0 fully saturated rings. The molecule has 1 aromatic carbocycles. The van der Waals surface area contributed by atoms with Crippen LogP contribution in [0.3, 0.4) is 0 Å². The Morgan fingerprint density at radius 1 is 1.35 bits per heavy atom. The first-order valence-corrected chi connectivity index (χ1v) is 7.77. The smallest absolute Gasteiger partial charge is 0.235 e. The highest BCUT2D eigenvalue weighted by Crippen LogP contribution is 2.34. The van der Waals surface area contributed by atoms with Crippen LogP contribution in [0.1, 0.15) is 32.3 Å². The fraction of sp³-hybridized carbons (Fsp3) is 0.538. The minimum atomic E-state index is -3.15. The van der Waals surface area contributed by atoms with Crippen molar-refractivity contribution in [2.24, 2.45) is 0 Å². The van der Waals surface area contributed by atoms with Gasteiger partial charge in [-0.05, 0) is 31.4 Å². The average Bonchev–Trinajstić information content (AvgIpc) is 2.63. The first-order chi connectivity index (χ1) is 8.06. The molecule has 1 unspecified atom stereocenters. The lowest BCUT2D eigenvalue weighted by atomic mass is 10.1. The van der Waals surface area contributed by atoms with Crippen LogP contribution in [0, 0.1) is 0 Å². The van der Waals surface area contributed by atoms with E-state index in [1.165, 1.54) is 0 Å². The third kappa shape index (κ3) is 2.32. The van der Waals surface area contributed by atoms with E-state index < -0.39 is 10.0 Å². The molecule has 0 saturated carbocycles. The molecule has 4 heteroatoms. The van der Waals surface area contributed by atoms with Crippen LogP contribution in [-0.4, -0.2) is 20.2 Å². The Kier molecular flexibility index (Phi) is 3.43. The van der Waals surface area contributed by atoms with Gasteiger partial charge in [-0.1, -0.05) is 31.5 Å². The number of anilines is 1. The summed E-state index contributed by atoms with van der Waals surface area (Å²) in [6.45, 7) is 3.99. The van der Waals surface area contributed by atoms with Crippen molar-refractivity contribution in [1.29, 1.82) is 0 Å². The predicted molar refractivity (Wildman–Crippen MR) is 70.8 cm³/mol. The number of para-hydroxylation sites is 1. The zero-order valence-electron chi connectivity index (χ0n) is 10.4. The van der Waals surface area contributed by atoms with E-state index in [2.05, 4.69) is 0 Å². The van der Waals surface area contributed by atoms with Crippen LogP contribution < -0.4 is 4.31 Å². The van der Waals surface area contributed by atoms with Crippen molar-refractivity contribution in [2.75, 3.05) is 10.1 Å². The van der Waals surface area contributed by atoms with Crippen LogP contribution in [0.5, 0.6) is 0 Å². The molecule has 0 aromatic heterocycles. The molecule has 0 bridgehead atoms. The van der Waals surface area contributed by atoms with E-state index in [0.29, 0.717) is 0 Å². The summed E-state index contributed by atoms with van der Waals surface area (Å²) in [5.74, 6) is 0.252. The first-order valence-electron chi connectivity index (χ1n) is 6.16. The minimum Gasteiger partial charge on any atom is -0.267 e. The summed E-state index contributed by atoms with van der Waals surface area (Å²) < 4.78 is 26.2. The van der Waals surface area contributed by atoms with Crippen molar-refractivity contribution < 1.29 is 8.42 Å². The number of rotatable bonds is 4. The molecule has 0 saturated heterocycles. The molecule has 17 heavy (non-hydrogen) atoms. The molecule has 1 aromatic rings. The maximum absolute atomic E-state index is 12.3. The average molecular weight is 253 g/mol. The predicted octanol–water partition coefficient (Wildman–Crippen LogP) is 2.57. The zero-order valence-corrected chi connectivity index (χ0v) is 11.2. The molecule has 1 heterocycles. The maximum atomic E-state index is 12.3. The van der Waals surface area contributed by atoms with Crippen molar-refractivity contribution in [3.05, 3.63) is 29.8 Å². The Morgan fingerprint density at radius 2 is 2.06 bits per heavy atom. The van der Waals surface area contributed by atoms with Gasteiger partial charge in [0.2, 0.25) is 10.0 Å². The van der Waals surface area contributed by atoms with Crippen molar-refractivity contribution in [3.8, 4) is 0 Å². The second kappa shape index (κ2) is 4.69. The highest BCUT2D eigenvalue weighted by molar-refractivity contribution is 7.92. The van der Waals surface area contributed by atoms with Crippen molar-refractivity contribution >= 4 is 15.7 Å². The molecule has 94 valence electrons. The van der Waals surface area contributed by atoms with E-state index in [4.69, 9.17) is 0 Å². The summed E-state index contributed by atoms with van der Waals surface area (Å²) in [5, 5.41) is 0. The first kappa shape index (κ1) is 12.4. The lowest BCUT2D eigenvalue weighted by Crippen LogP contribution is -2.37. The number of unbranched alkanes of at least 4 members (excludes halogenated alkanes) is 1. The molecule has 0 radical (unpaired) electrons. The van der Waals surface area contributed by atoms with Gasteiger partial charge in [0, 0.05) is 6.04 Å². The Balaban J connectivity index is 2.33. The topological polar surface area (TPSA) is 37.4 Å². The molecule has 0 amide bonds. The highest BCUT2D eigenvalue weighted by Gasteiger charge is 2.33. The lowest BCUT2D eigenvalue weighted by Gasteiger charge is -2.24. The summed E-state index contributed by atoms with van der Waals surface area (Å²) in [4.78, 5) is 0. The monoisotopic (exact) mass is 253 g/mol. The molecule has 1 aliphatic rings. The molecule has 3 nitrogen and oxygen atoms in total. The number of hydrogen-bond donors (Lipinski definition) is 0. The third-order valence-electron chi connectivity index (χ3n) is 3.20. The third-order valence-corrected chi connectivity index (χ3v) is 5.16. The Morgan fingerprint density at radius 3 is 2.76 bits per heavy atom. The van der Waals surface area contributed by atoms with Crippen molar-refractivity contribution in [2.45, 2.75) is 39.2 Å². The van der Waals surface area contributed by atoms with Gasteiger partial charge in [-0.3, -0.25) is 4.31 Å². The fourth-order valence-electron chi connectivity index (χ4n) is 2.39. The second-order valence-electron chi connectivity index (χ2n) is 4.65. The Labute approximate surface area is 104 Å². The molecule has 0 aliphatic carbocycles. The second-order valence-corrected chi connectivity index (χ2v) is 6.61. The largest absolute Gasteiger partial charge is 0.267 e. The van der Waals surface area contributed by atoms with Crippen LogP contribution in [0.15, 0.2) is 24.3 Å². The van der Waals surface area contributed by atoms with Gasteiger partial charge in [0.1, 0.15) is 0 Å². The summed E-state index contributed by atoms with van der Waals surface area (Å²) in [5.41, 5.74) is 2.01. The molecule has 1 aliphatic heterocycles. The van der Waals surface area contributed by atoms with Gasteiger partial charge in [-0.2, -0.15) is 0 Å². The molecule has 2 rings (SSSR count). The number of nitrogens with zero attached hydrogens (tertiary/aromatic N) is 1. The standard InChI is InChI=1S/C13H19NO2S/c1-3-4-9-17(15,16)14-11(2)10-12-7-5-6-8-13(12)14/h5-8,11H,3-4,9-10H2,1-2H3. The summed E-state index contributed by atoms with van der Waals surface area (Å²) in [6.07, 6.45) is 2.46. The van der Waals surface area contributed by atoms with Gasteiger partial charge in [-0.15, -0.1) is 0 Å². The summed E-state index contributed by atoms with van der Waals surface area (Å²) >= 11 is 0. The number of sulfonamides is 1. The number of hydrogen-bond acceptors (Lipinski definition) is 2. The van der Waals surface area contributed by atoms with E-state index in [9.17, 15) is 8.42 Å². The van der Waals surface area contributed by atoms with E-state index in [1.54, 1.807) is 4.31 Å². The Bertz CT molecular complexity index is 496. The van der Waals surface area contributed by atoms with Gasteiger partial charge < -0.3 is 0 Å². The maximum Gasteiger partial charge on any atom is 0.235 e. The molecule has 1 atom stereocenters. The summed E-state index contributed by atoms with van der Waals surface area (Å²) in [6, 6.07) is 7.84. The van der Waals surface area contributed by atoms with Crippen molar-refractivity contribution in [3.63, 3.8) is 0 Å². The molecule has 0 N–H and O–H groups in total. The molecular weight excluding hydrogens is 234 g/mol. The van der Waals surface area contributed by atoms with Crippen LogP contribution >= 0.6 is 0 Å². The number of fused-ring (bicyclic) bond motifs is 1. The highest BCUT2D eigenvalue weighted by atomic mass is 32.2. The van der Waals surface area contributed by atoms with Crippen LogP contribution in [0.4, 0.5) is 5.69 Å². The zero-order chi connectivity index (χ0) is 12.5. The lowest BCUT2D eigenvalue weighted by molar-refractivity contribution is 0.581. The quantitative estimate of drug-likeness (QED) is 0.827. The van der Waals surface area contributed by atoms with Crippen LogP contribution in [-0.2, 0) is 16.4 Å². The number of benzene rings is 1. The van der Waals surface area contributed by atoms with Crippen molar-refractivity contribution in [1.82, 2.24) is 0 Å². The van der Waals surface area contributed by atoms with E-state index in [0.717, 1.165) is 30.5 Å². The molecular formula is C13H19NO2S. The normalized spacial score (nSPS) is 19.4. The summed E-state index contributed by atoms with van der Waals surface area (Å²) in [7, 11) is -3.15. The fourth-order valence-corrected chi connectivity index (χ4v) is 4.34. The van der Waals surface area contributed by atoms with Gasteiger partial charge in [0.15, 0.2) is 0 Å². The Hall–Kier alpha value is -1.03. The van der Waals surface area contributed by atoms with E-state index in [1.807, 2.05) is 38.1 Å².